The highest BCUT2D eigenvalue weighted by Crippen LogP contribution is 2.29. The summed E-state index contributed by atoms with van der Waals surface area (Å²) in [6.07, 6.45) is 2.05. The molecule has 2 N–H and O–H groups in total. The van der Waals surface area contributed by atoms with E-state index in [1.807, 2.05) is 42.1 Å². The van der Waals surface area contributed by atoms with Gasteiger partial charge in [-0.1, -0.05) is 18.2 Å². The van der Waals surface area contributed by atoms with Crippen LogP contribution in [-0.2, 0) is 29.6 Å². The van der Waals surface area contributed by atoms with E-state index in [9.17, 15) is 18.8 Å². The molecule has 44 heavy (non-hydrogen) atoms. The first-order valence-electron chi connectivity index (χ1n) is 14.4. The maximum absolute atomic E-state index is 14.6. The lowest BCUT2D eigenvalue weighted by molar-refractivity contribution is -0.133. The number of halogens is 1. The second-order valence-electron chi connectivity index (χ2n) is 11.1. The number of likely N-dealkylation sites (tertiary alicyclic amines) is 1. The van der Waals surface area contributed by atoms with Crippen molar-refractivity contribution in [2.75, 3.05) is 26.8 Å². The minimum Gasteiger partial charge on any atom is -0.493 e. The van der Waals surface area contributed by atoms with E-state index in [-0.39, 0.29) is 49.1 Å². The lowest BCUT2D eigenvalue weighted by Crippen LogP contribution is -2.58. The van der Waals surface area contributed by atoms with Crippen LogP contribution >= 0.6 is 0 Å². The van der Waals surface area contributed by atoms with Crippen molar-refractivity contribution in [2.24, 2.45) is 7.05 Å². The summed E-state index contributed by atoms with van der Waals surface area (Å²) in [6.45, 7) is 0.338. The van der Waals surface area contributed by atoms with Crippen LogP contribution in [0, 0.1) is 5.82 Å². The average Bonchev–Trinajstić information content (AvgIpc) is 3.33. The fourth-order valence-electron chi connectivity index (χ4n) is 5.82. The number of nitrogens with zero attached hydrogens (tertiary/aromatic N) is 2. The molecule has 10 nitrogen and oxygen atoms in total. The number of carbonyl (C=O) groups is 3. The fraction of sp³-hybridized carbons (Fsp3) is 0.303. The van der Waals surface area contributed by atoms with Crippen molar-refractivity contribution >= 4 is 28.6 Å². The highest BCUT2D eigenvalue weighted by Gasteiger charge is 2.35. The van der Waals surface area contributed by atoms with Crippen LogP contribution < -0.4 is 24.8 Å². The summed E-state index contributed by atoms with van der Waals surface area (Å²) in [5.41, 5.74) is 2.75. The normalized spacial score (nSPS) is 18.8. The molecule has 4 bridgehead atoms. The molecule has 0 spiro atoms. The molecule has 6 rings (SSSR count). The van der Waals surface area contributed by atoms with Crippen LogP contribution in [0.25, 0.3) is 10.9 Å². The maximum atomic E-state index is 14.6. The Hall–Kier alpha value is -5.06. The second kappa shape index (κ2) is 12.3. The largest absolute Gasteiger partial charge is 0.493 e. The summed E-state index contributed by atoms with van der Waals surface area (Å²) in [7, 11) is 3.41. The highest BCUT2D eigenvalue weighted by atomic mass is 19.1. The van der Waals surface area contributed by atoms with Crippen LogP contribution in [0.1, 0.15) is 27.9 Å². The van der Waals surface area contributed by atoms with Crippen molar-refractivity contribution in [3.63, 3.8) is 0 Å². The Balaban J connectivity index is 1.28. The SMILES string of the molecule is COc1ccc2cc1OCC(=O)NCc1cc(F)cc(c1)O[C@@H]1CCN(C(=O)Cc3cn(C)c4ccccc34)C[C@@H]1NC2=O. The summed E-state index contributed by atoms with van der Waals surface area (Å²) >= 11 is 0. The topological polar surface area (TPSA) is 111 Å². The molecule has 0 radical (unpaired) electrons. The van der Waals surface area contributed by atoms with Gasteiger partial charge in [0.05, 0.1) is 19.6 Å². The van der Waals surface area contributed by atoms with E-state index in [0.29, 0.717) is 24.3 Å². The maximum Gasteiger partial charge on any atom is 0.258 e. The Labute approximate surface area is 253 Å². The molecule has 3 amide bonds. The molecule has 3 heterocycles. The summed E-state index contributed by atoms with van der Waals surface area (Å²) in [4.78, 5) is 41.3. The monoisotopic (exact) mass is 600 g/mol. The molecule has 0 aliphatic carbocycles. The van der Waals surface area contributed by atoms with Crippen molar-refractivity contribution in [2.45, 2.75) is 31.5 Å². The third kappa shape index (κ3) is 6.17. The van der Waals surface area contributed by atoms with Crippen LogP contribution in [0.4, 0.5) is 4.39 Å². The minimum atomic E-state index is -0.599. The average molecular weight is 601 g/mol. The van der Waals surface area contributed by atoms with Crippen molar-refractivity contribution in [3.05, 3.63) is 89.4 Å². The van der Waals surface area contributed by atoms with Crippen LogP contribution in [0.3, 0.4) is 0 Å². The Kier molecular flexibility index (Phi) is 8.10. The lowest BCUT2D eigenvalue weighted by Gasteiger charge is -2.39. The van der Waals surface area contributed by atoms with Gasteiger partial charge in [-0.15, -0.1) is 0 Å². The molecule has 1 aromatic heterocycles. The molecule has 2 aliphatic rings. The molecule has 0 unspecified atom stereocenters. The van der Waals surface area contributed by atoms with E-state index < -0.39 is 29.8 Å². The zero-order valence-corrected chi connectivity index (χ0v) is 24.5. The van der Waals surface area contributed by atoms with Gasteiger partial charge in [0, 0.05) is 61.8 Å². The zero-order chi connectivity index (χ0) is 30.8. The first-order valence-corrected chi connectivity index (χ1v) is 14.4. The van der Waals surface area contributed by atoms with E-state index in [0.717, 1.165) is 16.5 Å². The number of ether oxygens (including phenoxy) is 3. The summed E-state index contributed by atoms with van der Waals surface area (Å²) in [5.74, 6) is -0.591. The fourth-order valence-corrected chi connectivity index (χ4v) is 5.82. The van der Waals surface area contributed by atoms with Gasteiger partial charge in [0.15, 0.2) is 18.1 Å². The van der Waals surface area contributed by atoms with Gasteiger partial charge < -0.3 is 34.3 Å². The van der Waals surface area contributed by atoms with E-state index >= 15 is 0 Å². The molecule has 11 heteroatoms. The number of aromatic nitrogens is 1. The number of aryl methyl sites for hydroxylation is 1. The number of amides is 3. The van der Waals surface area contributed by atoms with Gasteiger partial charge >= 0.3 is 0 Å². The molecule has 2 aliphatic heterocycles. The Morgan fingerprint density at radius 2 is 1.95 bits per heavy atom. The van der Waals surface area contributed by atoms with Crippen molar-refractivity contribution in [3.8, 4) is 17.2 Å². The predicted molar refractivity (Wildman–Crippen MR) is 160 cm³/mol. The Morgan fingerprint density at radius 3 is 2.80 bits per heavy atom. The number of hydrogen-bond donors (Lipinski definition) is 2. The number of piperidine rings is 1. The van der Waals surface area contributed by atoms with Crippen molar-refractivity contribution in [1.82, 2.24) is 20.1 Å². The number of fused-ring (bicyclic) bond motifs is 6. The molecule has 3 aromatic carbocycles. The van der Waals surface area contributed by atoms with E-state index in [2.05, 4.69) is 10.6 Å². The molecule has 2 atom stereocenters. The van der Waals surface area contributed by atoms with Crippen LogP contribution in [0.5, 0.6) is 17.2 Å². The van der Waals surface area contributed by atoms with E-state index in [1.54, 1.807) is 23.1 Å². The molecule has 1 saturated heterocycles. The van der Waals surface area contributed by atoms with Gasteiger partial charge in [0.1, 0.15) is 17.7 Å². The van der Waals surface area contributed by atoms with Gasteiger partial charge in [-0.3, -0.25) is 14.4 Å². The predicted octanol–water partition coefficient (Wildman–Crippen LogP) is 3.36. The highest BCUT2D eigenvalue weighted by molar-refractivity contribution is 5.95. The smallest absolute Gasteiger partial charge is 0.258 e. The summed E-state index contributed by atoms with van der Waals surface area (Å²) < 4.78 is 33.9. The second-order valence-corrected chi connectivity index (χ2v) is 11.1. The number of carbonyl (C=O) groups excluding carboxylic acids is 3. The molecule has 4 aromatic rings. The molecular weight excluding hydrogens is 567 g/mol. The molecule has 0 saturated carbocycles. The first-order chi connectivity index (χ1) is 21.3. The van der Waals surface area contributed by atoms with Gasteiger partial charge in [-0.25, -0.2) is 4.39 Å². The van der Waals surface area contributed by atoms with Gasteiger partial charge in [0.25, 0.3) is 11.8 Å². The number of methoxy groups -OCH3 is 1. The number of rotatable bonds is 3. The minimum absolute atomic E-state index is 0.0643. The molecular formula is C33H33FN4O6. The quantitative estimate of drug-likeness (QED) is 0.373. The van der Waals surface area contributed by atoms with Gasteiger partial charge in [-0.05, 0) is 47.5 Å². The lowest BCUT2D eigenvalue weighted by atomic mass is 9.99. The number of hydrogen-bond acceptors (Lipinski definition) is 6. The molecule has 1 fully saturated rings. The first kappa shape index (κ1) is 29.0. The van der Waals surface area contributed by atoms with E-state index in [1.165, 1.54) is 25.3 Å². The van der Waals surface area contributed by atoms with Gasteiger partial charge in [0.2, 0.25) is 5.91 Å². The van der Waals surface area contributed by atoms with Crippen LogP contribution in [0.15, 0.2) is 66.9 Å². The van der Waals surface area contributed by atoms with Crippen molar-refractivity contribution < 1.29 is 33.0 Å². The third-order valence-corrected chi connectivity index (χ3v) is 8.03. The number of para-hydroxylation sites is 1. The summed E-state index contributed by atoms with van der Waals surface area (Å²) in [5, 5.41) is 6.76. The third-order valence-electron chi connectivity index (χ3n) is 8.03. The Bertz CT molecular complexity index is 1740. The molecule has 228 valence electrons. The number of benzene rings is 3. The Morgan fingerprint density at radius 1 is 1.11 bits per heavy atom. The zero-order valence-electron chi connectivity index (χ0n) is 24.5. The van der Waals surface area contributed by atoms with Crippen molar-refractivity contribution in [1.29, 1.82) is 0 Å². The standard InChI is InChI=1S/C33H33FN4O6/c1-37-17-22(25-5-3-4-6-27(25)37)14-32(40)38-10-9-28-26(18-38)36-33(41)21-7-8-29(42-2)30(13-21)43-19-31(39)35-16-20-11-23(34)15-24(12-20)44-28/h3-8,11-13,15,17,26,28H,9-10,14,16,18-19H2,1-2H3,(H,35,39)(H,36,41)/t26-,28+/m0/s1. The summed E-state index contributed by atoms with van der Waals surface area (Å²) in [6, 6.07) is 16.3. The van der Waals surface area contributed by atoms with Crippen LogP contribution in [-0.4, -0.2) is 66.1 Å². The van der Waals surface area contributed by atoms with Gasteiger partial charge in [-0.2, -0.15) is 0 Å². The number of nitrogens with one attached hydrogen (secondary N) is 2. The van der Waals surface area contributed by atoms with Crippen LogP contribution in [0.2, 0.25) is 0 Å². The van der Waals surface area contributed by atoms with E-state index in [4.69, 9.17) is 14.2 Å².